The Bertz CT molecular complexity index is 1180. The zero-order valence-corrected chi connectivity index (χ0v) is 17.8. The minimum atomic E-state index is -3.49. The van der Waals surface area contributed by atoms with E-state index in [1.165, 1.54) is 0 Å². The Morgan fingerprint density at radius 1 is 1.27 bits per heavy atom. The van der Waals surface area contributed by atoms with Crippen LogP contribution in [-0.2, 0) is 10.0 Å². The van der Waals surface area contributed by atoms with Crippen LogP contribution in [-0.4, -0.2) is 42.7 Å². The van der Waals surface area contributed by atoms with E-state index in [4.69, 9.17) is 21.8 Å². The summed E-state index contributed by atoms with van der Waals surface area (Å²) < 4.78 is 31.9. The Morgan fingerprint density at radius 2 is 2.07 bits per heavy atom. The first-order valence-corrected chi connectivity index (χ1v) is 11.7. The number of sulfonamides is 1. The maximum atomic E-state index is 11.7. The molecule has 2 heterocycles. The summed E-state index contributed by atoms with van der Waals surface area (Å²) in [5.74, 6) is 1.76. The molecule has 1 fully saturated rings. The molecule has 11 heteroatoms. The molecule has 1 aliphatic carbocycles. The number of aromatic nitrogens is 3. The number of hydrogen-bond acceptors (Lipinski definition) is 8. The van der Waals surface area contributed by atoms with Crippen LogP contribution in [0, 0.1) is 0 Å². The van der Waals surface area contributed by atoms with Crippen molar-refractivity contribution < 1.29 is 12.8 Å². The zero-order valence-electron chi connectivity index (χ0n) is 16.2. The van der Waals surface area contributed by atoms with E-state index < -0.39 is 10.0 Å². The minimum Gasteiger partial charge on any atom is -0.438 e. The maximum Gasteiger partial charge on any atom is 0.229 e. The van der Waals surface area contributed by atoms with Gasteiger partial charge in [-0.15, -0.1) is 0 Å². The van der Waals surface area contributed by atoms with E-state index >= 15 is 0 Å². The monoisotopic (exact) mass is 448 g/mol. The number of nitrogens with one attached hydrogen (secondary N) is 2. The predicted octanol–water partition coefficient (Wildman–Crippen LogP) is 3.07. The van der Waals surface area contributed by atoms with Crippen LogP contribution in [0.3, 0.4) is 0 Å². The molecule has 0 saturated heterocycles. The van der Waals surface area contributed by atoms with Gasteiger partial charge in [-0.3, -0.25) is 4.72 Å². The molecule has 1 saturated carbocycles. The third-order valence-electron chi connectivity index (χ3n) is 4.44. The fourth-order valence-corrected chi connectivity index (χ4v) is 3.83. The molecule has 158 valence electrons. The second-order valence-electron chi connectivity index (χ2n) is 7.03. The summed E-state index contributed by atoms with van der Waals surface area (Å²) in [5, 5.41) is 3.27. The maximum absolute atomic E-state index is 11.7. The molecule has 0 aliphatic heterocycles. The summed E-state index contributed by atoms with van der Waals surface area (Å²) >= 11 is 6.55. The van der Waals surface area contributed by atoms with E-state index in [9.17, 15) is 8.42 Å². The molecule has 0 amide bonds. The van der Waals surface area contributed by atoms with Gasteiger partial charge in [0.05, 0.1) is 17.0 Å². The SMILES string of the molecule is CS(=O)(=O)Nc1cccc(-c2nc(C3CC3)oc2-c2ccnc(NCCN)n2)c1Cl. The highest BCUT2D eigenvalue weighted by Crippen LogP contribution is 2.45. The lowest BCUT2D eigenvalue weighted by atomic mass is 10.1. The molecule has 4 rings (SSSR count). The average Bonchev–Trinajstić information content (AvgIpc) is 3.46. The van der Waals surface area contributed by atoms with Crippen LogP contribution in [0.15, 0.2) is 34.9 Å². The molecule has 0 unspecified atom stereocenters. The molecule has 3 aromatic rings. The van der Waals surface area contributed by atoms with Gasteiger partial charge in [-0.25, -0.2) is 23.4 Å². The Morgan fingerprint density at radius 3 is 2.77 bits per heavy atom. The second-order valence-corrected chi connectivity index (χ2v) is 9.15. The Balaban J connectivity index is 1.81. The number of nitrogens with two attached hydrogens (primary N) is 1. The Hall–Kier alpha value is -2.69. The highest BCUT2D eigenvalue weighted by molar-refractivity contribution is 7.92. The highest BCUT2D eigenvalue weighted by atomic mass is 35.5. The molecule has 0 spiro atoms. The number of halogens is 1. The molecular formula is C19H21ClN6O3S. The van der Waals surface area contributed by atoms with E-state index in [1.807, 2.05) is 0 Å². The van der Waals surface area contributed by atoms with Crippen molar-refractivity contribution in [3.8, 4) is 22.7 Å². The quantitative estimate of drug-likeness (QED) is 0.478. The number of benzene rings is 1. The topological polar surface area (TPSA) is 136 Å². The van der Waals surface area contributed by atoms with Gasteiger partial charge in [-0.2, -0.15) is 0 Å². The van der Waals surface area contributed by atoms with Crippen molar-refractivity contribution in [2.75, 3.05) is 29.4 Å². The van der Waals surface area contributed by atoms with Gasteiger partial charge in [-0.1, -0.05) is 23.7 Å². The van der Waals surface area contributed by atoms with Gasteiger partial charge in [0.15, 0.2) is 11.7 Å². The summed E-state index contributed by atoms with van der Waals surface area (Å²) in [6.45, 7) is 0.980. The van der Waals surface area contributed by atoms with Gasteiger partial charge < -0.3 is 15.5 Å². The molecule has 1 aromatic carbocycles. The van der Waals surface area contributed by atoms with Crippen LogP contribution in [0.4, 0.5) is 11.6 Å². The standard InChI is InChI=1S/C19H21ClN6O3S/c1-30(27,28)26-13-4-2-3-12(15(13)20)16-17(29-18(25-16)11-5-6-11)14-7-9-22-19(24-14)23-10-8-21/h2-4,7,9,11,26H,5-6,8,10,21H2,1H3,(H,22,23,24). The third kappa shape index (κ3) is 4.55. The largest absolute Gasteiger partial charge is 0.438 e. The molecule has 1 aliphatic rings. The summed E-state index contributed by atoms with van der Waals surface area (Å²) in [7, 11) is -3.49. The molecule has 0 radical (unpaired) electrons. The number of anilines is 2. The second kappa shape index (κ2) is 8.21. The van der Waals surface area contributed by atoms with E-state index in [0.717, 1.165) is 19.1 Å². The minimum absolute atomic E-state index is 0.232. The Labute approximate surface area is 179 Å². The molecule has 0 atom stereocenters. The van der Waals surface area contributed by atoms with Gasteiger partial charge in [0, 0.05) is 30.8 Å². The third-order valence-corrected chi connectivity index (χ3v) is 5.43. The molecule has 2 aromatic heterocycles. The van der Waals surface area contributed by atoms with E-state index in [0.29, 0.717) is 47.6 Å². The highest BCUT2D eigenvalue weighted by Gasteiger charge is 2.32. The lowest BCUT2D eigenvalue weighted by Crippen LogP contribution is -2.14. The summed E-state index contributed by atoms with van der Waals surface area (Å²) in [6.07, 6.45) is 4.71. The van der Waals surface area contributed by atoms with Crippen molar-refractivity contribution >= 4 is 33.3 Å². The van der Waals surface area contributed by atoms with Gasteiger partial charge in [-0.05, 0) is 25.0 Å². The van der Waals surface area contributed by atoms with Crippen LogP contribution < -0.4 is 15.8 Å². The molecular weight excluding hydrogens is 428 g/mol. The normalized spacial score (nSPS) is 14.0. The van der Waals surface area contributed by atoms with Crippen molar-refractivity contribution in [3.63, 3.8) is 0 Å². The number of oxazole rings is 1. The smallest absolute Gasteiger partial charge is 0.229 e. The summed E-state index contributed by atoms with van der Waals surface area (Å²) in [4.78, 5) is 13.4. The average molecular weight is 449 g/mol. The van der Waals surface area contributed by atoms with Crippen LogP contribution >= 0.6 is 11.6 Å². The summed E-state index contributed by atoms with van der Waals surface area (Å²) in [5.41, 5.74) is 7.39. The summed E-state index contributed by atoms with van der Waals surface area (Å²) in [6, 6.07) is 6.79. The number of hydrogen-bond donors (Lipinski definition) is 3. The number of rotatable bonds is 8. The van der Waals surface area contributed by atoms with Crippen molar-refractivity contribution in [2.45, 2.75) is 18.8 Å². The molecule has 9 nitrogen and oxygen atoms in total. The lowest BCUT2D eigenvalue weighted by molar-refractivity contribution is 0.508. The molecule has 4 N–H and O–H groups in total. The van der Waals surface area contributed by atoms with Crippen molar-refractivity contribution in [2.24, 2.45) is 5.73 Å². The first-order valence-electron chi connectivity index (χ1n) is 9.40. The van der Waals surface area contributed by atoms with Gasteiger partial charge in [0.2, 0.25) is 16.0 Å². The Kier molecular flexibility index (Phi) is 5.63. The van der Waals surface area contributed by atoms with Crippen LogP contribution in [0.2, 0.25) is 5.02 Å². The first kappa shape index (κ1) is 20.6. The molecule has 30 heavy (non-hydrogen) atoms. The first-order chi connectivity index (χ1) is 14.4. The van der Waals surface area contributed by atoms with Crippen molar-refractivity contribution in [3.05, 3.63) is 41.4 Å². The lowest BCUT2D eigenvalue weighted by Gasteiger charge is -2.10. The fraction of sp³-hybridized carbons (Fsp3) is 0.316. The van der Waals surface area contributed by atoms with E-state index in [2.05, 4.69) is 25.0 Å². The van der Waals surface area contributed by atoms with Gasteiger partial charge in [0.25, 0.3) is 0 Å². The van der Waals surface area contributed by atoms with Gasteiger partial charge in [0.1, 0.15) is 11.4 Å². The fourth-order valence-electron chi connectivity index (χ4n) is 2.95. The zero-order chi connectivity index (χ0) is 21.3. The van der Waals surface area contributed by atoms with Crippen LogP contribution in [0.1, 0.15) is 24.7 Å². The van der Waals surface area contributed by atoms with Crippen LogP contribution in [0.5, 0.6) is 0 Å². The van der Waals surface area contributed by atoms with Crippen molar-refractivity contribution in [1.82, 2.24) is 15.0 Å². The predicted molar refractivity (Wildman–Crippen MR) is 116 cm³/mol. The van der Waals surface area contributed by atoms with Crippen molar-refractivity contribution in [1.29, 1.82) is 0 Å². The van der Waals surface area contributed by atoms with E-state index in [-0.39, 0.29) is 16.6 Å². The van der Waals surface area contributed by atoms with E-state index in [1.54, 1.807) is 30.5 Å². The number of nitrogens with zero attached hydrogens (tertiary/aromatic N) is 3. The van der Waals surface area contributed by atoms with Gasteiger partial charge >= 0.3 is 0 Å². The van der Waals surface area contributed by atoms with Crippen LogP contribution in [0.25, 0.3) is 22.7 Å². The molecule has 0 bridgehead atoms.